The molecular weight excluding hydrogens is 251 g/mol. The molecule has 20 heavy (non-hydrogen) atoms. The van der Waals surface area contributed by atoms with Gasteiger partial charge in [-0.25, -0.2) is 4.39 Å². The van der Waals surface area contributed by atoms with E-state index in [-0.39, 0.29) is 5.82 Å². The van der Waals surface area contributed by atoms with E-state index in [1.807, 2.05) is 6.07 Å². The number of unbranched alkanes of at least 4 members (excludes halogenated alkanes) is 2. The van der Waals surface area contributed by atoms with Crippen LogP contribution in [-0.4, -0.2) is 11.1 Å². The molecule has 2 aromatic rings. The first-order chi connectivity index (χ1) is 9.79. The maximum absolute atomic E-state index is 13.2. The molecule has 0 aliphatic rings. The molecule has 0 aliphatic heterocycles. The molecule has 0 unspecified atom stereocenters. The van der Waals surface area contributed by atoms with Crippen molar-refractivity contribution in [1.29, 1.82) is 0 Å². The Morgan fingerprint density at radius 2 is 2.05 bits per heavy atom. The van der Waals surface area contributed by atoms with Crippen molar-refractivity contribution < 1.29 is 9.71 Å². The summed E-state index contributed by atoms with van der Waals surface area (Å²) in [5, 5.41) is 2.35. The molecule has 1 aromatic heterocycles. The van der Waals surface area contributed by atoms with Crippen molar-refractivity contribution in [2.45, 2.75) is 39.3 Å². The second kappa shape index (κ2) is 7.85. The van der Waals surface area contributed by atoms with Crippen LogP contribution in [0.5, 0.6) is 0 Å². The summed E-state index contributed by atoms with van der Waals surface area (Å²) in [6.45, 7) is 5.14. The van der Waals surface area contributed by atoms with Crippen LogP contribution in [0, 0.1) is 5.82 Å². The molecule has 1 aromatic carbocycles. The molecule has 0 atom stereocenters. The lowest BCUT2D eigenvalue weighted by Crippen LogP contribution is -2.82. The van der Waals surface area contributed by atoms with E-state index in [4.69, 9.17) is 0 Å². The minimum Gasteiger partial charge on any atom is -0.342 e. The van der Waals surface area contributed by atoms with Crippen molar-refractivity contribution in [1.82, 2.24) is 4.57 Å². The van der Waals surface area contributed by atoms with Crippen molar-refractivity contribution >= 4 is 0 Å². The van der Waals surface area contributed by atoms with Crippen molar-refractivity contribution in [2.75, 3.05) is 6.54 Å². The van der Waals surface area contributed by atoms with Gasteiger partial charge in [-0.15, -0.1) is 0 Å². The molecule has 2 rings (SSSR count). The zero-order valence-electron chi connectivity index (χ0n) is 12.2. The highest BCUT2D eigenvalue weighted by Gasteiger charge is 2.04. The van der Waals surface area contributed by atoms with Crippen LogP contribution < -0.4 is 5.32 Å². The fourth-order valence-corrected chi connectivity index (χ4v) is 2.41. The van der Waals surface area contributed by atoms with Crippen LogP contribution in [-0.2, 0) is 13.1 Å². The van der Waals surface area contributed by atoms with Gasteiger partial charge >= 0.3 is 0 Å². The molecule has 0 fully saturated rings. The van der Waals surface area contributed by atoms with E-state index in [1.165, 1.54) is 37.6 Å². The van der Waals surface area contributed by atoms with Gasteiger partial charge in [0, 0.05) is 12.7 Å². The third kappa shape index (κ3) is 4.49. The van der Waals surface area contributed by atoms with E-state index in [2.05, 4.69) is 35.1 Å². The van der Waals surface area contributed by atoms with Crippen LogP contribution in [0.4, 0.5) is 4.39 Å². The molecule has 0 amide bonds. The minimum atomic E-state index is -0.165. The fourth-order valence-electron chi connectivity index (χ4n) is 2.41. The molecule has 2 N–H and O–H groups in total. The highest BCUT2D eigenvalue weighted by molar-refractivity contribution is 5.18. The van der Waals surface area contributed by atoms with Crippen molar-refractivity contribution in [3.05, 3.63) is 59.7 Å². The summed E-state index contributed by atoms with van der Waals surface area (Å²) in [7, 11) is 0. The Hall–Kier alpha value is -1.61. The summed E-state index contributed by atoms with van der Waals surface area (Å²) in [5.74, 6) is -0.165. The van der Waals surface area contributed by atoms with E-state index in [9.17, 15) is 4.39 Å². The van der Waals surface area contributed by atoms with Gasteiger partial charge in [-0.3, -0.25) is 0 Å². The molecule has 3 heteroatoms. The summed E-state index contributed by atoms with van der Waals surface area (Å²) < 4.78 is 15.4. The van der Waals surface area contributed by atoms with Crippen molar-refractivity contribution in [2.24, 2.45) is 0 Å². The molecule has 108 valence electrons. The lowest BCUT2D eigenvalue weighted by molar-refractivity contribution is -0.671. The van der Waals surface area contributed by atoms with Crippen LogP contribution in [0.3, 0.4) is 0 Å². The largest absolute Gasteiger partial charge is 0.342 e. The van der Waals surface area contributed by atoms with Gasteiger partial charge in [0.05, 0.1) is 12.2 Å². The van der Waals surface area contributed by atoms with Gasteiger partial charge < -0.3 is 9.88 Å². The van der Waals surface area contributed by atoms with Gasteiger partial charge in [0.15, 0.2) is 0 Å². The van der Waals surface area contributed by atoms with E-state index in [1.54, 1.807) is 12.1 Å². The number of hydrogen-bond donors (Lipinski definition) is 1. The van der Waals surface area contributed by atoms with Gasteiger partial charge in [-0.05, 0) is 42.7 Å². The predicted octanol–water partition coefficient (Wildman–Crippen LogP) is 2.93. The standard InChI is InChI=1S/C17H23FN2/c1-2-3-4-10-19-13-17-9-6-11-20(17)14-15-7-5-8-16(18)12-15/h5-9,11-12,19H,2-4,10,13-14H2,1H3/p+1. The molecule has 0 radical (unpaired) electrons. The Morgan fingerprint density at radius 1 is 1.15 bits per heavy atom. The lowest BCUT2D eigenvalue weighted by atomic mass is 10.2. The zero-order chi connectivity index (χ0) is 14.2. The first-order valence-electron chi connectivity index (χ1n) is 7.49. The highest BCUT2D eigenvalue weighted by Crippen LogP contribution is 2.09. The summed E-state index contributed by atoms with van der Waals surface area (Å²) in [6.07, 6.45) is 5.92. The Morgan fingerprint density at radius 3 is 2.85 bits per heavy atom. The molecule has 2 nitrogen and oxygen atoms in total. The Labute approximate surface area is 120 Å². The molecule has 0 bridgehead atoms. The molecule has 0 aliphatic carbocycles. The van der Waals surface area contributed by atoms with Gasteiger partial charge in [-0.1, -0.05) is 25.5 Å². The van der Waals surface area contributed by atoms with Crippen LogP contribution in [0.15, 0.2) is 42.6 Å². The van der Waals surface area contributed by atoms with Gasteiger partial charge in [0.1, 0.15) is 12.4 Å². The third-order valence-corrected chi connectivity index (χ3v) is 3.53. The number of rotatable bonds is 8. The third-order valence-electron chi connectivity index (χ3n) is 3.53. The van der Waals surface area contributed by atoms with E-state index in [0.29, 0.717) is 0 Å². The van der Waals surface area contributed by atoms with Crippen molar-refractivity contribution in [3.63, 3.8) is 0 Å². The summed E-state index contributed by atoms with van der Waals surface area (Å²) in [5.41, 5.74) is 2.30. The van der Waals surface area contributed by atoms with Crippen LogP contribution in [0.1, 0.15) is 37.4 Å². The molecule has 1 heterocycles. The maximum Gasteiger partial charge on any atom is 0.123 e. The second-order valence-corrected chi connectivity index (χ2v) is 5.25. The quantitative estimate of drug-likeness (QED) is 0.716. The minimum absolute atomic E-state index is 0.165. The second-order valence-electron chi connectivity index (χ2n) is 5.25. The average molecular weight is 275 g/mol. The van der Waals surface area contributed by atoms with Crippen LogP contribution >= 0.6 is 0 Å². The van der Waals surface area contributed by atoms with Crippen LogP contribution in [0.2, 0.25) is 0 Å². The number of benzene rings is 1. The lowest BCUT2D eigenvalue weighted by Gasteiger charge is -2.09. The first kappa shape index (κ1) is 14.8. The van der Waals surface area contributed by atoms with E-state index < -0.39 is 0 Å². The van der Waals surface area contributed by atoms with Crippen LogP contribution in [0.25, 0.3) is 0 Å². The Balaban J connectivity index is 1.88. The maximum atomic E-state index is 13.2. The molecule has 0 saturated heterocycles. The van der Waals surface area contributed by atoms with E-state index >= 15 is 0 Å². The van der Waals surface area contributed by atoms with Gasteiger partial charge in [-0.2, -0.15) is 0 Å². The van der Waals surface area contributed by atoms with E-state index in [0.717, 1.165) is 18.7 Å². The molecule has 0 spiro atoms. The smallest absolute Gasteiger partial charge is 0.123 e. The number of nitrogens with two attached hydrogens (primary N) is 1. The first-order valence-corrected chi connectivity index (χ1v) is 7.49. The normalized spacial score (nSPS) is 10.9. The average Bonchev–Trinajstić information content (AvgIpc) is 2.86. The number of quaternary nitrogens is 1. The summed E-state index contributed by atoms with van der Waals surface area (Å²) in [4.78, 5) is 0. The number of halogens is 1. The Kier molecular flexibility index (Phi) is 5.81. The zero-order valence-corrected chi connectivity index (χ0v) is 12.2. The van der Waals surface area contributed by atoms with Crippen molar-refractivity contribution in [3.8, 4) is 0 Å². The monoisotopic (exact) mass is 275 g/mol. The van der Waals surface area contributed by atoms with Gasteiger partial charge in [0.2, 0.25) is 0 Å². The number of aromatic nitrogens is 1. The topological polar surface area (TPSA) is 21.5 Å². The molecule has 0 saturated carbocycles. The number of hydrogen-bond acceptors (Lipinski definition) is 0. The van der Waals surface area contributed by atoms with Gasteiger partial charge in [0.25, 0.3) is 0 Å². The highest BCUT2D eigenvalue weighted by atomic mass is 19.1. The fraction of sp³-hybridized carbons (Fsp3) is 0.412. The summed E-state index contributed by atoms with van der Waals surface area (Å²) >= 11 is 0. The molecular formula is C17H24FN2+. The summed E-state index contributed by atoms with van der Waals surface area (Å²) in [6, 6.07) is 11.0. The Bertz CT molecular complexity index is 519. The SMILES string of the molecule is CCCCC[NH2+]Cc1cccn1Cc1cccc(F)c1. The predicted molar refractivity (Wildman–Crippen MR) is 80.0 cm³/mol. The number of nitrogens with zero attached hydrogens (tertiary/aromatic N) is 1.